The number of hydrogen-bond donors (Lipinski definition) is 0. The molecule has 0 spiro atoms. The predicted octanol–water partition coefficient (Wildman–Crippen LogP) is 1.75. The maximum atomic E-state index is 11.3. The quantitative estimate of drug-likeness (QED) is 0.759. The number of Topliss-reactive ketones (excluding diaryl/α,β-unsaturated/α-hetero) is 1. The second-order valence-corrected chi connectivity index (χ2v) is 5.22. The van der Waals surface area contributed by atoms with E-state index in [4.69, 9.17) is 11.6 Å². The van der Waals surface area contributed by atoms with Crippen molar-refractivity contribution < 1.29 is 9.59 Å². The van der Waals surface area contributed by atoms with Crippen LogP contribution in [0.1, 0.15) is 11.3 Å². The molecule has 0 bridgehead atoms. The second kappa shape index (κ2) is 4.33. The van der Waals surface area contributed by atoms with Gasteiger partial charge >= 0.3 is 0 Å². The molecule has 1 aliphatic rings. The number of amides is 1. The van der Waals surface area contributed by atoms with Crippen molar-refractivity contribution in [2.24, 2.45) is 0 Å². The standard InChI is InChI=1S/C10H10ClNO2S/c11-9-2-1-7(15-9)3-5-12-6-4-8(13)10(12)14/h1-2H,3-6H2. The van der Waals surface area contributed by atoms with Crippen LogP contribution in [0.15, 0.2) is 12.1 Å². The van der Waals surface area contributed by atoms with Crippen LogP contribution in [-0.4, -0.2) is 29.7 Å². The van der Waals surface area contributed by atoms with Crippen LogP contribution >= 0.6 is 22.9 Å². The fourth-order valence-corrected chi connectivity index (χ4v) is 2.64. The van der Waals surface area contributed by atoms with Crippen LogP contribution in [0.25, 0.3) is 0 Å². The molecule has 1 saturated heterocycles. The summed E-state index contributed by atoms with van der Waals surface area (Å²) in [4.78, 5) is 25.0. The molecule has 0 saturated carbocycles. The first-order chi connectivity index (χ1) is 7.16. The Kier molecular flexibility index (Phi) is 3.07. The van der Waals surface area contributed by atoms with Crippen molar-refractivity contribution in [2.45, 2.75) is 12.8 Å². The van der Waals surface area contributed by atoms with E-state index in [0.717, 1.165) is 15.6 Å². The largest absolute Gasteiger partial charge is 0.335 e. The molecule has 0 N–H and O–H groups in total. The second-order valence-electron chi connectivity index (χ2n) is 3.42. The van der Waals surface area contributed by atoms with Gasteiger partial charge in [-0.1, -0.05) is 11.6 Å². The van der Waals surface area contributed by atoms with Gasteiger partial charge in [0, 0.05) is 24.4 Å². The number of halogens is 1. The zero-order valence-electron chi connectivity index (χ0n) is 8.03. The molecule has 2 heterocycles. The average molecular weight is 244 g/mol. The minimum atomic E-state index is -0.336. The minimum absolute atomic E-state index is 0.265. The highest BCUT2D eigenvalue weighted by atomic mass is 35.5. The molecule has 0 radical (unpaired) electrons. The van der Waals surface area contributed by atoms with E-state index in [1.54, 1.807) is 4.90 Å². The van der Waals surface area contributed by atoms with Gasteiger partial charge in [0.05, 0.1) is 4.34 Å². The Morgan fingerprint density at radius 3 is 2.73 bits per heavy atom. The molecule has 0 atom stereocenters. The van der Waals surface area contributed by atoms with Gasteiger partial charge < -0.3 is 4.90 Å². The van der Waals surface area contributed by atoms with Crippen LogP contribution in [0.5, 0.6) is 0 Å². The lowest BCUT2D eigenvalue weighted by atomic mass is 10.3. The first-order valence-corrected chi connectivity index (χ1v) is 5.92. The van der Waals surface area contributed by atoms with E-state index in [1.807, 2.05) is 12.1 Å². The first-order valence-electron chi connectivity index (χ1n) is 4.73. The molecular weight excluding hydrogens is 234 g/mol. The Bertz CT molecular complexity index is 402. The number of thiophene rings is 1. The van der Waals surface area contributed by atoms with E-state index in [2.05, 4.69) is 0 Å². The number of likely N-dealkylation sites (tertiary alicyclic amines) is 1. The number of carbonyl (C=O) groups excluding carboxylic acids is 2. The van der Waals surface area contributed by atoms with E-state index >= 15 is 0 Å². The normalized spacial score (nSPS) is 16.5. The molecule has 1 fully saturated rings. The minimum Gasteiger partial charge on any atom is -0.335 e. The number of carbonyl (C=O) groups is 2. The number of rotatable bonds is 3. The van der Waals surface area contributed by atoms with Crippen molar-refractivity contribution in [1.29, 1.82) is 0 Å². The predicted molar refractivity (Wildman–Crippen MR) is 59.2 cm³/mol. The smallest absolute Gasteiger partial charge is 0.290 e. The summed E-state index contributed by atoms with van der Waals surface area (Å²) >= 11 is 7.31. The summed E-state index contributed by atoms with van der Waals surface area (Å²) in [5.41, 5.74) is 0. The van der Waals surface area contributed by atoms with Gasteiger partial charge in [-0.2, -0.15) is 0 Å². The fraction of sp³-hybridized carbons (Fsp3) is 0.400. The van der Waals surface area contributed by atoms with Gasteiger partial charge in [-0.3, -0.25) is 9.59 Å². The molecule has 0 aliphatic carbocycles. The Balaban J connectivity index is 1.89. The van der Waals surface area contributed by atoms with Gasteiger partial charge in [0.15, 0.2) is 0 Å². The summed E-state index contributed by atoms with van der Waals surface area (Å²) in [5, 5.41) is 0. The Hall–Kier alpha value is -0.870. The maximum absolute atomic E-state index is 11.3. The highest BCUT2D eigenvalue weighted by Crippen LogP contribution is 2.22. The topological polar surface area (TPSA) is 37.4 Å². The van der Waals surface area contributed by atoms with Crippen LogP contribution < -0.4 is 0 Å². The lowest BCUT2D eigenvalue weighted by Gasteiger charge is -2.12. The third-order valence-electron chi connectivity index (χ3n) is 2.39. The van der Waals surface area contributed by atoms with Crippen molar-refractivity contribution >= 4 is 34.6 Å². The van der Waals surface area contributed by atoms with Crippen molar-refractivity contribution in [3.63, 3.8) is 0 Å². The van der Waals surface area contributed by atoms with E-state index in [-0.39, 0.29) is 11.7 Å². The molecule has 15 heavy (non-hydrogen) atoms. The van der Waals surface area contributed by atoms with Crippen LogP contribution in [0, 0.1) is 0 Å². The summed E-state index contributed by atoms with van der Waals surface area (Å²) in [5.74, 6) is -0.600. The van der Waals surface area contributed by atoms with Gasteiger partial charge in [-0.15, -0.1) is 11.3 Å². The molecule has 1 aromatic heterocycles. The number of hydrogen-bond acceptors (Lipinski definition) is 3. The summed E-state index contributed by atoms with van der Waals surface area (Å²) in [7, 11) is 0. The molecule has 1 amide bonds. The van der Waals surface area contributed by atoms with Crippen molar-refractivity contribution in [1.82, 2.24) is 4.90 Å². The van der Waals surface area contributed by atoms with E-state index in [9.17, 15) is 9.59 Å². The van der Waals surface area contributed by atoms with Crippen molar-refractivity contribution in [3.05, 3.63) is 21.3 Å². The van der Waals surface area contributed by atoms with Crippen molar-refractivity contribution in [3.8, 4) is 0 Å². The zero-order valence-corrected chi connectivity index (χ0v) is 9.61. The highest BCUT2D eigenvalue weighted by Gasteiger charge is 2.28. The molecule has 1 aromatic rings. The molecule has 80 valence electrons. The Labute approximate surface area is 96.6 Å². The average Bonchev–Trinajstić information content (AvgIpc) is 2.74. The van der Waals surface area contributed by atoms with Crippen LogP contribution in [0.4, 0.5) is 0 Å². The monoisotopic (exact) mass is 243 g/mol. The van der Waals surface area contributed by atoms with Crippen LogP contribution in [0.3, 0.4) is 0 Å². The van der Waals surface area contributed by atoms with Gasteiger partial charge in [-0.25, -0.2) is 0 Å². The third-order valence-corrected chi connectivity index (χ3v) is 3.68. The molecular formula is C10H10ClNO2S. The molecule has 3 nitrogen and oxygen atoms in total. The molecule has 2 rings (SSSR count). The Morgan fingerprint density at radius 2 is 2.20 bits per heavy atom. The summed E-state index contributed by atoms with van der Waals surface area (Å²) < 4.78 is 0.758. The SMILES string of the molecule is O=C1CCN(CCc2ccc(Cl)s2)C1=O. The molecule has 0 unspecified atom stereocenters. The van der Waals surface area contributed by atoms with Gasteiger partial charge in [0.25, 0.3) is 5.91 Å². The highest BCUT2D eigenvalue weighted by molar-refractivity contribution is 7.16. The van der Waals surface area contributed by atoms with Crippen molar-refractivity contribution in [2.75, 3.05) is 13.1 Å². The first kappa shape index (κ1) is 10.6. The number of nitrogens with zero attached hydrogens (tertiary/aromatic N) is 1. The van der Waals surface area contributed by atoms with Crippen LogP contribution in [0.2, 0.25) is 4.34 Å². The van der Waals surface area contributed by atoms with Crippen LogP contribution in [-0.2, 0) is 16.0 Å². The molecule has 0 aromatic carbocycles. The summed E-state index contributed by atoms with van der Waals surface area (Å²) in [6, 6.07) is 3.80. The fourth-order valence-electron chi connectivity index (χ4n) is 1.57. The Morgan fingerprint density at radius 1 is 1.40 bits per heavy atom. The van der Waals surface area contributed by atoms with Gasteiger partial charge in [0.1, 0.15) is 0 Å². The van der Waals surface area contributed by atoms with E-state index in [1.165, 1.54) is 11.3 Å². The summed E-state index contributed by atoms with van der Waals surface area (Å²) in [6.45, 7) is 1.18. The van der Waals surface area contributed by atoms with Gasteiger partial charge in [0.2, 0.25) is 5.78 Å². The lowest BCUT2D eigenvalue weighted by Crippen LogP contribution is -2.29. The third kappa shape index (κ3) is 2.38. The van der Waals surface area contributed by atoms with E-state index < -0.39 is 0 Å². The lowest BCUT2D eigenvalue weighted by molar-refractivity contribution is -0.139. The molecule has 5 heteroatoms. The summed E-state index contributed by atoms with van der Waals surface area (Å²) in [6.07, 6.45) is 1.14. The van der Waals surface area contributed by atoms with Gasteiger partial charge in [-0.05, 0) is 18.6 Å². The van der Waals surface area contributed by atoms with E-state index in [0.29, 0.717) is 19.5 Å². The maximum Gasteiger partial charge on any atom is 0.290 e. The zero-order chi connectivity index (χ0) is 10.8. The molecule has 1 aliphatic heterocycles. The number of ketones is 1.